The van der Waals surface area contributed by atoms with E-state index < -0.39 is 15.9 Å². The lowest BCUT2D eigenvalue weighted by molar-refractivity contribution is 0.0803. The van der Waals surface area contributed by atoms with Crippen molar-refractivity contribution in [2.75, 3.05) is 19.3 Å². The van der Waals surface area contributed by atoms with E-state index in [1.807, 2.05) is 18.2 Å². The zero-order valence-corrected chi connectivity index (χ0v) is 27.6. The lowest BCUT2D eigenvalue weighted by atomic mass is 9.69. The first-order valence-corrected chi connectivity index (χ1v) is 17.2. The molecule has 0 saturated heterocycles. The Morgan fingerprint density at radius 2 is 1.66 bits per heavy atom. The van der Waals surface area contributed by atoms with Gasteiger partial charge < -0.3 is 9.64 Å². The van der Waals surface area contributed by atoms with E-state index in [2.05, 4.69) is 71.9 Å². The maximum absolute atomic E-state index is 13.9. The zero-order chi connectivity index (χ0) is 31.8. The van der Waals surface area contributed by atoms with Crippen LogP contribution >= 0.6 is 0 Å². The lowest BCUT2D eigenvalue weighted by Gasteiger charge is -2.37. The fraction of sp³-hybridized carbons (Fsp3) is 0.432. The van der Waals surface area contributed by atoms with Crippen LogP contribution in [0.4, 0.5) is 0 Å². The van der Waals surface area contributed by atoms with E-state index in [1.54, 1.807) is 13.1 Å². The molecule has 7 heteroatoms. The van der Waals surface area contributed by atoms with Crippen molar-refractivity contribution in [3.8, 4) is 11.5 Å². The van der Waals surface area contributed by atoms with Crippen molar-refractivity contribution in [3.63, 3.8) is 0 Å². The molecular weight excluding hydrogens is 570 g/mol. The summed E-state index contributed by atoms with van der Waals surface area (Å²) in [6, 6.07) is 16.5. The third kappa shape index (κ3) is 5.72. The standard InChI is InChI=1S/C37H43NO5S/c1-22-18-36(3,4)20-24-14-32-30(16-28(22)24)34(26-10-8-9-11-27(26)35(39)38(7)12-13-44(40,41)42)31-17-29-23(2)19-37(5,6)21-25(29)15-33(31)43-32/h8-11,14-17,20,22-23H,12-13,18-19,21H2,1-7H3,(H,40,41,42). The lowest BCUT2D eigenvalue weighted by Crippen LogP contribution is -2.33. The van der Waals surface area contributed by atoms with Gasteiger partial charge in [-0.15, -0.1) is 0 Å². The Hall–Kier alpha value is -3.42. The second-order valence-electron chi connectivity index (χ2n) is 14.7. The molecule has 1 aliphatic heterocycles. The number of carbonyl (C=O) groups excluding carboxylic acids is 1. The summed E-state index contributed by atoms with van der Waals surface area (Å²) >= 11 is 0. The van der Waals surface area contributed by atoms with Gasteiger partial charge in [-0.25, -0.2) is 0 Å². The van der Waals surface area contributed by atoms with Gasteiger partial charge in [0.05, 0.1) is 5.75 Å². The van der Waals surface area contributed by atoms with Gasteiger partial charge in [0.1, 0.15) is 11.5 Å². The quantitative estimate of drug-likeness (QED) is 0.264. The topological polar surface area (TPSA) is 83.9 Å². The Bertz CT molecular complexity index is 1920. The number of fused-ring (bicyclic) bond motifs is 4. The van der Waals surface area contributed by atoms with Gasteiger partial charge >= 0.3 is 0 Å². The van der Waals surface area contributed by atoms with Gasteiger partial charge in [0, 0.05) is 35.5 Å². The second kappa shape index (κ2) is 10.6. The highest BCUT2D eigenvalue weighted by Crippen LogP contribution is 2.47. The van der Waals surface area contributed by atoms with Crippen LogP contribution in [-0.4, -0.2) is 43.1 Å². The van der Waals surface area contributed by atoms with Crippen molar-refractivity contribution in [1.82, 2.24) is 4.90 Å². The molecule has 3 aromatic carbocycles. The molecule has 2 aliphatic carbocycles. The van der Waals surface area contributed by atoms with Crippen molar-refractivity contribution in [1.29, 1.82) is 0 Å². The highest BCUT2D eigenvalue weighted by atomic mass is 32.2. The highest BCUT2D eigenvalue weighted by Gasteiger charge is 2.34. The molecule has 6 nitrogen and oxygen atoms in total. The Morgan fingerprint density at radius 3 is 2.39 bits per heavy atom. The fourth-order valence-electron chi connectivity index (χ4n) is 7.88. The van der Waals surface area contributed by atoms with Crippen LogP contribution in [0.2, 0.25) is 0 Å². The number of hydrogen-bond acceptors (Lipinski definition) is 4. The molecule has 1 amide bonds. The summed E-state index contributed by atoms with van der Waals surface area (Å²) in [6.07, 6.45) is 5.46. The fourth-order valence-corrected chi connectivity index (χ4v) is 8.39. The largest absolute Gasteiger partial charge is 0.456 e. The normalized spacial score (nSPS) is 21.1. The number of ether oxygens (including phenoxy) is 1. The number of nitrogens with zero attached hydrogens (tertiary/aromatic N) is 1. The van der Waals surface area contributed by atoms with E-state index in [9.17, 15) is 17.8 Å². The number of hydrogen-bond donors (Lipinski definition) is 1. The van der Waals surface area contributed by atoms with Crippen LogP contribution < -0.4 is 15.2 Å². The van der Waals surface area contributed by atoms with Crippen molar-refractivity contribution in [2.24, 2.45) is 10.8 Å². The second-order valence-corrected chi connectivity index (χ2v) is 16.3. The number of carbonyl (C=O) groups is 1. The molecule has 1 N–H and O–H groups in total. The Labute approximate surface area is 261 Å². The minimum Gasteiger partial charge on any atom is -0.456 e. The number of amides is 1. The summed E-state index contributed by atoms with van der Waals surface area (Å²) in [4.78, 5) is 15.2. The molecule has 0 saturated carbocycles. The summed E-state index contributed by atoms with van der Waals surface area (Å²) < 4.78 is 39.0. The molecule has 3 aliphatic rings. The summed E-state index contributed by atoms with van der Waals surface area (Å²) in [5.74, 6) is 1.47. The van der Waals surface area contributed by atoms with Gasteiger partial charge in [-0.1, -0.05) is 65.8 Å². The minimum atomic E-state index is -4.21. The monoisotopic (exact) mass is 613 g/mol. The Morgan fingerprint density at radius 1 is 0.955 bits per heavy atom. The maximum Gasteiger partial charge on any atom is 0.266 e. The summed E-state index contributed by atoms with van der Waals surface area (Å²) in [5.41, 5.74) is 7.35. The number of rotatable bonds is 5. The Balaban J connectivity index is 1.62. The van der Waals surface area contributed by atoms with Gasteiger partial charge in [0.25, 0.3) is 16.0 Å². The van der Waals surface area contributed by atoms with Crippen LogP contribution in [0.15, 0.2) is 48.5 Å². The minimum absolute atomic E-state index is 0.0756. The van der Waals surface area contributed by atoms with E-state index in [0.29, 0.717) is 17.4 Å². The van der Waals surface area contributed by atoms with Crippen LogP contribution in [0.5, 0.6) is 11.5 Å². The average molecular weight is 614 g/mol. The van der Waals surface area contributed by atoms with Gasteiger partial charge in [-0.05, 0) is 99.7 Å². The van der Waals surface area contributed by atoms with Crippen LogP contribution in [0.1, 0.15) is 104 Å². The highest BCUT2D eigenvalue weighted by molar-refractivity contribution is 7.85. The Kier molecular flexibility index (Phi) is 7.37. The molecule has 0 aromatic heterocycles. The summed E-state index contributed by atoms with van der Waals surface area (Å²) in [6.45, 7) is 13.6. The van der Waals surface area contributed by atoms with Gasteiger partial charge in [0.2, 0.25) is 0 Å². The molecule has 0 radical (unpaired) electrons. The van der Waals surface area contributed by atoms with Crippen molar-refractivity contribution < 1.29 is 22.5 Å². The maximum atomic E-state index is 13.9. The molecule has 2 unspecified atom stereocenters. The molecule has 0 fully saturated rings. The van der Waals surface area contributed by atoms with Crippen LogP contribution in [0.25, 0.3) is 11.6 Å². The molecule has 44 heavy (non-hydrogen) atoms. The molecule has 0 bridgehead atoms. The molecule has 3 aromatic rings. The molecule has 2 atom stereocenters. The van der Waals surface area contributed by atoms with Crippen molar-refractivity contribution >= 4 is 27.7 Å². The van der Waals surface area contributed by atoms with Crippen LogP contribution in [0, 0.1) is 10.8 Å². The van der Waals surface area contributed by atoms with E-state index in [4.69, 9.17) is 4.74 Å². The summed E-state index contributed by atoms with van der Waals surface area (Å²) in [5, 5.41) is 2.15. The van der Waals surface area contributed by atoms with E-state index >= 15 is 0 Å². The average Bonchev–Trinajstić information content (AvgIpc) is 2.91. The first kappa shape index (κ1) is 30.6. The molecule has 6 rings (SSSR count). The first-order chi connectivity index (χ1) is 20.5. The summed E-state index contributed by atoms with van der Waals surface area (Å²) in [7, 11) is -2.64. The molecule has 0 spiro atoms. The first-order valence-electron chi connectivity index (χ1n) is 15.6. The van der Waals surface area contributed by atoms with E-state index in [0.717, 1.165) is 52.7 Å². The predicted molar refractivity (Wildman–Crippen MR) is 175 cm³/mol. The predicted octanol–water partition coefficient (Wildman–Crippen LogP) is 6.39. The SMILES string of the molecule is CC1CC(C)(C)Cc2cc3c(cc21)C(c1ccccc1C(=O)N(C)CCS(=O)(=O)O)=c1cc2c(cc1O3)=CC(C)(C)CC2C. The van der Waals surface area contributed by atoms with Crippen molar-refractivity contribution in [3.05, 3.63) is 92.3 Å². The zero-order valence-electron chi connectivity index (χ0n) is 26.8. The van der Waals surface area contributed by atoms with Crippen LogP contribution in [0.3, 0.4) is 0 Å². The third-order valence-electron chi connectivity index (χ3n) is 9.61. The van der Waals surface area contributed by atoms with E-state index in [1.165, 1.54) is 26.8 Å². The smallest absolute Gasteiger partial charge is 0.266 e. The van der Waals surface area contributed by atoms with Gasteiger partial charge in [-0.2, -0.15) is 8.42 Å². The molecule has 232 valence electrons. The molecule has 1 heterocycles. The van der Waals surface area contributed by atoms with Crippen LogP contribution in [-0.2, 0) is 16.5 Å². The van der Waals surface area contributed by atoms with E-state index in [-0.39, 0.29) is 23.3 Å². The number of benzene rings is 3. The molecular formula is C37H43NO5S. The van der Waals surface area contributed by atoms with Gasteiger partial charge in [-0.3, -0.25) is 9.35 Å². The van der Waals surface area contributed by atoms with Crippen molar-refractivity contribution in [2.45, 2.75) is 72.6 Å². The van der Waals surface area contributed by atoms with Gasteiger partial charge in [0.15, 0.2) is 0 Å². The third-order valence-corrected chi connectivity index (χ3v) is 10.3.